The average molecular weight is 377 g/mol. The highest BCUT2D eigenvalue weighted by molar-refractivity contribution is 6.33. The number of carboxylic acids is 1. The molecule has 0 aliphatic rings. The van der Waals surface area contributed by atoms with Crippen molar-refractivity contribution in [3.63, 3.8) is 0 Å². The maximum atomic E-state index is 12.8. The molecule has 0 saturated heterocycles. The first-order valence-corrected chi connectivity index (χ1v) is 8.21. The first kappa shape index (κ1) is 17.3. The fraction of sp³-hybridized carbons (Fsp3) is 0.111. The zero-order valence-corrected chi connectivity index (χ0v) is 14.7. The quantitative estimate of drug-likeness (QED) is 0.720. The van der Waals surface area contributed by atoms with Crippen molar-refractivity contribution < 1.29 is 9.90 Å². The Kier molecular flexibility index (Phi) is 4.70. The maximum Gasteiger partial charge on any atom is 0.337 e. The van der Waals surface area contributed by atoms with E-state index >= 15 is 0 Å². The van der Waals surface area contributed by atoms with Crippen molar-refractivity contribution >= 4 is 29.2 Å². The number of carbonyl (C=O) groups is 1. The third-order valence-electron chi connectivity index (χ3n) is 3.96. The molecule has 2 aromatic carbocycles. The molecular weight excluding hydrogens is 363 g/mol. The van der Waals surface area contributed by atoms with E-state index in [4.69, 9.17) is 23.2 Å². The number of rotatable bonds is 4. The Hall–Kier alpha value is -2.50. The smallest absolute Gasteiger partial charge is 0.337 e. The fourth-order valence-electron chi connectivity index (χ4n) is 2.62. The lowest BCUT2D eigenvalue weighted by Crippen LogP contribution is -2.18. The Balaban J connectivity index is 2.06. The molecule has 0 atom stereocenters. The van der Waals surface area contributed by atoms with E-state index in [0.717, 1.165) is 5.56 Å². The number of nitrogens with zero attached hydrogens (tertiary/aromatic N) is 1. The number of aryl methyl sites for hydroxylation is 1. The summed E-state index contributed by atoms with van der Waals surface area (Å²) in [7, 11) is 0. The van der Waals surface area contributed by atoms with Crippen molar-refractivity contribution in [1.82, 2.24) is 9.78 Å². The summed E-state index contributed by atoms with van der Waals surface area (Å²) >= 11 is 12.1. The van der Waals surface area contributed by atoms with Gasteiger partial charge >= 0.3 is 5.97 Å². The van der Waals surface area contributed by atoms with Gasteiger partial charge in [-0.2, -0.15) is 0 Å². The van der Waals surface area contributed by atoms with Crippen LogP contribution in [0.25, 0.3) is 5.69 Å². The van der Waals surface area contributed by atoms with Crippen LogP contribution >= 0.6 is 23.2 Å². The van der Waals surface area contributed by atoms with Gasteiger partial charge in [-0.25, -0.2) is 9.48 Å². The number of nitrogens with one attached hydrogen (secondary N) is 1. The van der Waals surface area contributed by atoms with E-state index in [-0.39, 0.29) is 16.1 Å². The third kappa shape index (κ3) is 3.34. The molecule has 0 saturated carbocycles. The molecule has 0 aliphatic heterocycles. The zero-order valence-electron chi connectivity index (χ0n) is 13.2. The maximum absolute atomic E-state index is 12.8. The van der Waals surface area contributed by atoms with Crippen LogP contribution in [0.15, 0.2) is 47.3 Å². The Morgan fingerprint density at radius 3 is 2.56 bits per heavy atom. The Morgan fingerprint density at radius 2 is 1.88 bits per heavy atom. The van der Waals surface area contributed by atoms with Crippen LogP contribution in [0, 0.1) is 6.92 Å². The van der Waals surface area contributed by atoms with Crippen molar-refractivity contribution in [2.24, 2.45) is 0 Å². The van der Waals surface area contributed by atoms with Crippen molar-refractivity contribution in [2.75, 3.05) is 0 Å². The van der Waals surface area contributed by atoms with Crippen molar-refractivity contribution in [1.29, 1.82) is 0 Å². The lowest BCUT2D eigenvalue weighted by Gasteiger charge is -2.05. The first-order valence-electron chi connectivity index (χ1n) is 7.45. The van der Waals surface area contributed by atoms with Crippen LogP contribution in [-0.2, 0) is 6.42 Å². The Morgan fingerprint density at radius 1 is 1.16 bits per heavy atom. The van der Waals surface area contributed by atoms with Gasteiger partial charge in [0.15, 0.2) is 0 Å². The largest absolute Gasteiger partial charge is 0.478 e. The number of H-pyrrole nitrogens is 1. The van der Waals surface area contributed by atoms with Crippen molar-refractivity contribution in [2.45, 2.75) is 13.3 Å². The summed E-state index contributed by atoms with van der Waals surface area (Å²) in [6.07, 6.45) is 0.382. The monoisotopic (exact) mass is 376 g/mol. The average Bonchev–Trinajstić information content (AvgIpc) is 2.85. The highest BCUT2D eigenvalue weighted by Crippen LogP contribution is 2.21. The highest BCUT2D eigenvalue weighted by Gasteiger charge is 2.16. The van der Waals surface area contributed by atoms with Crippen LogP contribution in [-0.4, -0.2) is 20.9 Å². The van der Waals surface area contributed by atoms with E-state index in [2.05, 4.69) is 5.10 Å². The lowest BCUT2D eigenvalue weighted by atomic mass is 10.1. The van der Waals surface area contributed by atoms with Crippen LogP contribution in [0.2, 0.25) is 10.0 Å². The van der Waals surface area contributed by atoms with Crippen molar-refractivity contribution in [3.05, 3.63) is 85.2 Å². The zero-order chi connectivity index (χ0) is 18.1. The SMILES string of the molecule is Cc1[nH]n(-c2ccc(Cl)c(C(=O)O)c2)c(=O)c1Cc1ccccc1Cl. The topological polar surface area (TPSA) is 75.1 Å². The standard InChI is InChI=1S/C18H14Cl2N2O3/c1-10-13(8-11-4-2-3-5-15(11)19)17(23)22(21-10)12-6-7-16(20)14(9-12)18(24)25/h2-7,9,21H,8H2,1H3,(H,24,25). The Bertz CT molecular complexity index is 1020. The van der Waals surface area contributed by atoms with Gasteiger partial charge in [0, 0.05) is 22.7 Å². The molecule has 7 heteroatoms. The minimum Gasteiger partial charge on any atom is -0.478 e. The second-order valence-corrected chi connectivity index (χ2v) is 6.41. The molecule has 1 heterocycles. The predicted octanol–water partition coefficient (Wildman–Crippen LogP) is 4.07. The molecule has 0 radical (unpaired) electrons. The number of aromatic amines is 1. The van der Waals surface area contributed by atoms with Gasteiger partial charge in [-0.1, -0.05) is 41.4 Å². The molecule has 0 unspecified atom stereocenters. The van der Waals surface area contributed by atoms with Crippen LogP contribution in [0.3, 0.4) is 0 Å². The summed E-state index contributed by atoms with van der Waals surface area (Å²) in [4.78, 5) is 24.0. The highest BCUT2D eigenvalue weighted by atomic mass is 35.5. The number of halogens is 2. The second-order valence-electron chi connectivity index (χ2n) is 5.59. The van der Waals surface area contributed by atoms with Gasteiger partial charge in [0.2, 0.25) is 0 Å². The van der Waals surface area contributed by atoms with E-state index in [1.807, 2.05) is 18.2 Å². The minimum absolute atomic E-state index is 0.0639. The molecule has 0 fully saturated rings. The Labute approximate surface area is 153 Å². The van der Waals surface area contributed by atoms with Gasteiger partial charge in [-0.05, 0) is 36.8 Å². The number of aromatic nitrogens is 2. The summed E-state index contributed by atoms with van der Waals surface area (Å²) in [6.45, 7) is 1.79. The van der Waals surface area contributed by atoms with Crippen LogP contribution in [0.1, 0.15) is 27.2 Å². The van der Waals surface area contributed by atoms with Gasteiger partial charge in [0.05, 0.1) is 16.3 Å². The number of hydrogen-bond acceptors (Lipinski definition) is 2. The molecule has 3 aromatic rings. The van der Waals surface area contributed by atoms with Crippen LogP contribution in [0.4, 0.5) is 0 Å². The lowest BCUT2D eigenvalue weighted by molar-refractivity contribution is 0.0697. The molecule has 0 bridgehead atoms. The molecule has 2 N–H and O–H groups in total. The van der Waals surface area contributed by atoms with E-state index < -0.39 is 5.97 Å². The molecule has 0 spiro atoms. The number of hydrogen-bond donors (Lipinski definition) is 2. The van der Waals surface area contributed by atoms with Gasteiger partial charge in [0.25, 0.3) is 5.56 Å². The summed E-state index contributed by atoms with van der Waals surface area (Å²) < 4.78 is 1.31. The fourth-order valence-corrected chi connectivity index (χ4v) is 3.02. The number of benzene rings is 2. The van der Waals surface area contributed by atoms with Crippen LogP contribution in [0.5, 0.6) is 0 Å². The van der Waals surface area contributed by atoms with E-state index in [1.165, 1.54) is 16.8 Å². The van der Waals surface area contributed by atoms with E-state index in [9.17, 15) is 14.7 Å². The van der Waals surface area contributed by atoms with Crippen molar-refractivity contribution in [3.8, 4) is 5.69 Å². The number of aromatic carboxylic acids is 1. The van der Waals surface area contributed by atoms with Gasteiger partial charge < -0.3 is 5.11 Å². The van der Waals surface area contributed by atoms with E-state index in [1.54, 1.807) is 19.1 Å². The molecule has 0 amide bonds. The van der Waals surface area contributed by atoms with Gasteiger partial charge in [0.1, 0.15) is 0 Å². The molecule has 1 aromatic heterocycles. The molecular formula is C18H14Cl2N2O3. The minimum atomic E-state index is -1.15. The normalized spacial score (nSPS) is 10.8. The molecule has 25 heavy (non-hydrogen) atoms. The second kappa shape index (κ2) is 6.78. The molecule has 0 aliphatic carbocycles. The summed E-state index contributed by atoms with van der Waals surface area (Å²) in [5.41, 5.74) is 2.19. The first-order chi connectivity index (χ1) is 11.9. The number of carboxylic acid groups (broad SMARTS) is 1. The van der Waals surface area contributed by atoms with Crippen LogP contribution < -0.4 is 5.56 Å². The summed E-state index contributed by atoms with van der Waals surface area (Å²) in [5.74, 6) is -1.15. The van der Waals surface area contributed by atoms with E-state index in [0.29, 0.717) is 28.4 Å². The summed E-state index contributed by atoms with van der Waals surface area (Å²) in [6, 6.07) is 11.7. The molecule has 3 rings (SSSR count). The van der Waals surface area contributed by atoms with Gasteiger partial charge in [-0.15, -0.1) is 0 Å². The molecule has 128 valence electrons. The van der Waals surface area contributed by atoms with Gasteiger partial charge in [-0.3, -0.25) is 9.89 Å². The summed E-state index contributed by atoms with van der Waals surface area (Å²) in [5, 5.41) is 12.9. The molecule has 5 nitrogen and oxygen atoms in total. The third-order valence-corrected chi connectivity index (χ3v) is 4.66. The predicted molar refractivity (Wildman–Crippen MR) is 97.4 cm³/mol.